The zero-order valence-electron chi connectivity index (χ0n) is 15.3. The third-order valence-corrected chi connectivity index (χ3v) is 7.13. The maximum absolute atomic E-state index is 13.3. The second kappa shape index (κ2) is 7.91. The lowest BCUT2D eigenvalue weighted by Crippen LogP contribution is -2.39. The highest BCUT2D eigenvalue weighted by molar-refractivity contribution is 7.10. The molecule has 1 aliphatic heterocycles. The lowest BCUT2D eigenvalue weighted by atomic mass is 10.0. The van der Waals surface area contributed by atoms with Crippen LogP contribution in [0.15, 0.2) is 56.8 Å². The molecule has 1 atom stereocenters. The summed E-state index contributed by atoms with van der Waals surface area (Å²) in [6, 6.07) is 8.37. The van der Waals surface area contributed by atoms with Crippen LogP contribution in [-0.2, 0) is 9.53 Å². The average Bonchev–Trinajstić information content (AvgIpc) is 3.32. The normalized spacial score (nSPS) is 16.6. The Hall–Kier alpha value is -2.19. The first-order valence-electron chi connectivity index (χ1n) is 8.50. The van der Waals surface area contributed by atoms with Gasteiger partial charge in [-0.1, -0.05) is 46.7 Å². The molecule has 0 bridgehead atoms. The molecule has 0 saturated heterocycles. The quantitative estimate of drug-likeness (QED) is 0.554. The van der Waals surface area contributed by atoms with Crippen LogP contribution in [0, 0.1) is 0 Å². The van der Waals surface area contributed by atoms with Gasteiger partial charge >= 0.3 is 5.97 Å². The number of rotatable bonds is 3. The van der Waals surface area contributed by atoms with Crippen LogP contribution in [-0.4, -0.2) is 17.6 Å². The van der Waals surface area contributed by atoms with Crippen molar-refractivity contribution >= 4 is 57.9 Å². The van der Waals surface area contributed by atoms with E-state index in [9.17, 15) is 9.59 Å². The Balaban J connectivity index is 1.96. The van der Waals surface area contributed by atoms with Crippen LogP contribution in [0.3, 0.4) is 0 Å². The Morgan fingerprint density at radius 1 is 1.28 bits per heavy atom. The number of methoxy groups -OCH3 is 1. The molecule has 0 amide bonds. The Labute approximate surface area is 183 Å². The monoisotopic (exact) mass is 464 g/mol. The number of halogens is 2. The van der Waals surface area contributed by atoms with E-state index in [1.165, 1.54) is 29.8 Å². The van der Waals surface area contributed by atoms with Gasteiger partial charge in [-0.3, -0.25) is 9.36 Å². The molecule has 3 aromatic rings. The fourth-order valence-corrected chi connectivity index (χ4v) is 5.34. The van der Waals surface area contributed by atoms with Crippen LogP contribution >= 0.6 is 45.9 Å². The van der Waals surface area contributed by atoms with Crippen molar-refractivity contribution in [1.82, 2.24) is 4.57 Å². The summed E-state index contributed by atoms with van der Waals surface area (Å²) >= 11 is 14.8. The fraction of sp³-hybridized carbons (Fsp3) is 0.150. The molecule has 0 aliphatic carbocycles. The third kappa shape index (κ3) is 3.59. The summed E-state index contributed by atoms with van der Waals surface area (Å²) in [5.74, 6) is -0.497. The average molecular weight is 465 g/mol. The number of thiophene rings is 1. The first-order valence-corrected chi connectivity index (χ1v) is 10.9. The maximum atomic E-state index is 13.3. The van der Waals surface area contributed by atoms with Gasteiger partial charge in [0.15, 0.2) is 4.80 Å². The largest absolute Gasteiger partial charge is 0.466 e. The number of fused-ring (bicyclic) bond motifs is 1. The van der Waals surface area contributed by atoms with Crippen LogP contribution < -0.4 is 14.9 Å². The Bertz CT molecular complexity index is 1320. The highest BCUT2D eigenvalue weighted by atomic mass is 35.5. The molecular weight excluding hydrogens is 451 g/mol. The molecule has 29 heavy (non-hydrogen) atoms. The molecule has 0 N–H and O–H groups in total. The number of benzene rings is 1. The van der Waals surface area contributed by atoms with Gasteiger partial charge in [-0.05, 0) is 42.1 Å². The second-order valence-corrected chi connectivity index (χ2v) is 9.07. The zero-order valence-corrected chi connectivity index (χ0v) is 18.5. The summed E-state index contributed by atoms with van der Waals surface area (Å²) in [4.78, 5) is 31.7. The Morgan fingerprint density at radius 3 is 2.72 bits per heavy atom. The van der Waals surface area contributed by atoms with Crippen LogP contribution in [0.1, 0.15) is 23.4 Å². The SMILES string of the molecule is COC(=O)C1=C(C)N=c2sc(=Cc3ccc(Cl)c(Cl)c3)c(=O)n2[C@H]1c1cccs1. The molecule has 0 radical (unpaired) electrons. The van der Waals surface area contributed by atoms with Crippen LogP contribution in [0.4, 0.5) is 0 Å². The van der Waals surface area contributed by atoms with Gasteiger partial charge in [-0.15, -0.1) is 11.3 Å². The van der Waals surface area contributed by atoms with Gasteiger partial charge in [0, 0.05) is 4.88 Å². The first kappa shape index (κ1) is 20.1. The van der Waals surface area contributed by atoms with Crippen LogP contribution in [0.2, 0.25) is 10.0 Å². The highest BCUT2D eigenvalue weighted by Gasteiger charge is 2.33. The molecule has 0 fully saturated rings. The predicted molar refractivity (Wildman–Crippen MR) is 117 cm³/mol. The molecule has 3 heterocycles. The minimum Gasteiger partial charge on any atom is -0.466 e. The number of esters is 1. The number of thiazole rings is 1. The van der Waals surface area contributed by atoms with Crippen molar-refractivity contribution in [2.75, 3.05) is 7.11 Å². The van der Waals surface area contributed by atoms with Gasteiger partial charge in [0.1, 0.15) is 6.04 Å². The summed E-state index contributed by atoms with van der Waals surface area (Å²) in [6.45, 7) is 1.75. The van der Waals surface area contributed by atoms with E-state index in [1.807, 2.05) is 17.5 Å². The van der Waals surface area contributed by atoms with Crippen LogP contribution in [0.25, 0.3) is 6.08 Å². The van der Waals surface area contributed by atoms with Gasteiger partial charge in [0.2, 0.25) is 0 Å². The van der Waals surface area contributed by atoms with Crippen molar-refractivity contribution in [3.05, 3.63) is 87.2 Å². The van der Waals surface area contributed by atoms with E-state index in [-0.39, 0.29) is 5.56 Å². The number of hydrogen-bond donors (Lipinski definition) is 0. The lowest BCUT2D eigenvalue weighted by molar-refractivity contribution is -0.136. The van der Waals surface area contributed by atoms with E-state index in [1.54, 1.807) is 35.8 Å². The number of nitrogens with zero attached hydrogens (tertiary/aromatic N) is 2. The number of carbonyl (C=O) groups is 1. The molecule has 2 aromatic heterocycles. The van der Waals surface area contributed by atoms with Gasteiger partial charge in [0.05, 0.1) is 33.0 Å². The Kier molecular flexibility index (Phi) is 5.48. The van der Waals surface area contributed by atoms with Gasteiger partial charge in [-0.25, -0.2) is 9.79 Å². The van der Waals surface area contributed by atoms with E-state index in [4.69, 9.17) is 27.9 Å². The van der Waals surface area contributed by atoms with Crippen molar-refractivity contribution in [2.24, 2.45) is 4.99 Å². The molecule has 1 aromatic carbocycles. The van der Waals surface area contributed by atoms with Crippen LogP contribution in [0.5, 0.6) is 0 Å². The third-order valence-electron chi connectivity index (χ3n) is 4.48. The number of hydrogen-bond acceptors (Lipinski definition) is 6. The first-order chi connectivity index (χ1) is 13.9. The van der Waals surface area contributed by atoms with E-state index in [2.05, 4.69) is 4.99 Å². The molecule has 9 heteroatoms. The lowest BCUT2D eigenvalue weighted by Gasteiger charge is -2.22. The van der Waals surface area contributed by atoms with Gasteiger partial charge in [-0.2, -0.15) is 0 Å². The molecule has 1 aliphatic rings. The van der Waals surface area contributed by atoms with Crippen molar-refractivity contribution < 1.29 is 9.53 Å². The van der Waals surface area contributed by atoms with E-state index in [0.717, 1.165) is 10.4 Å². The topological polar surface area (TPSA) is 60.7 Å². The van der Waals surface area contributed by atoms with E-state index < -0.39 is 12.0 Å². The van der Waals surface area contributed by atoms with Gasteiger partial charge in [0.25, 0.3) is 5.56 Å². The van der Waals surface area contributed by atoms with Gasteiger partial charge < -0.3 is 4.74 Å². The maximum Gasteiger partial charge on any atom is 0.338 e. The standard InChI is InChI=1S/C20H14Cl2N2O3S2/c1-10-16(19(26)27-2)17(14-4-3-7-28-14)24-18(25)15(29-20(24)23-10)9-11-5-6-12(21)13(22)8-11/h3-9,17H,1-2H3/t17-/m0/s1. The van der Waals surface area contributed by atoms with E-state index >= 15 is 0 Å². The minimum atomic E-state index is -0.574. The van der Waals surface area contributed by atoms with E-state index in [0.29, 0.717) is 30.6 Å². The minimum absolute atomic E-state index is 0.230. The smallest absolute Gasteiger partial charge is 0.338 e. The number of carbonyl (C=O) groups excluding carboxylic acids is 1. The molecule has 0 saturated carbocycles. The molecule has 0 spiro atoms. The zero-order chi connectivity index (χ0) is 20.7. The highest BCUT2D eigenvalue weighted by Crippen LogP contribution is 2.33. The summed E-state index contributed by atoms with van der Waals surface area (Å²) in [7, 11) is 1.32. The molecule has 4 rings (SSSR count). The molecule has 5 nitrogen and oxygen atoms in total. The van der Waals surface area contributed by atoms with Crippen molar-refractivity contribution in [3.8, 4) is 0 Å². The number of allylic oxidation sites excluding steroid dienone is 1. The van der Waals surface area contributed by atoms with Crippen molar-refractivity contribution in [2.45, 2.75) is 13.0 Å². The summed E-state index contributed by atoms with van der Waals surface area (Å²) < 4.78 is 7.01. The number of ether oxygens (including phenoxy) is 1. The summed E-state index contributed by atoms with van der Waals surface area (Å²) in [5.41, 5.74) is 1.43. The molecule has 0 unspecified atom stereocenters. The summed E-state index contributed by atoms with van der Waals surface area (Å²) in [6.07, 6.45) is 1.74. The molecular formula is C20H14Cl2N2O3S2. The van der Waals surface area contributed by atoms with Crippen molar-refractivity contribution in [3.63, 3.8) is 0 Å². The predicted octanol–water partition coefficient (Wildman–Crippen LogP) is 3.78. The number of aromatic nitrogens is 1. The molecule has 148 valence electrons. The summed E-state index contributed by atoms with van der Waals surface area (Å²) in [5, 5.41) is 2.76. The second-order valence-electron chi connectivity index (χ2n) is 6.26. The Morgan fingerprint density at radius 2 is 2.07 bits per heavy atom. The van der Waals surface area contributed by atoms with Crippen molar-refractivity contribution in [1.29, 1.82) is 0 Å². The fourth-order valence-electron chi connectivity index (χ4n) is 3.16.